The van der Waals surface area contributed by atoms with Gasteiger partial charge < -0.3 is 9.53 Å². The van der Waals surface area contributed by atoms with Gasteiger partial charge in [0.05, 0.1) is 7.11 Å². The fraction of sp³-hybridized carbons (Fsp3) is 0.636. The summed E-state index contributed by atoms with van der Waals surface area (Å²) in [5.74, 6) is -0.334. The maximum Gasteiger partial charge on any atom is 0.330 e. The number of hydrogen-bond acceptors (Lipinski definition) is 3. The quantitative estimate of drug-likeness (QED) is 0.284. The summed E-state index contributed by atoms with van der Waals surface area (Å²) in [5, 5.41) is 0. The lowest BCUT2D eigenvalue weighted by Gasteiger charge is -2.14. The molecule has 0 rings (SSSR count). The second-order valence-electron chi connectivity index (χ2n) is 3.92. The van der Waals surface area contributed by atoms with Crippen LogP contribution in [0.3, 0.4) is 0 Å². The van der Waals surface area contributed by atoms with Gasteiger partial charge in [-0.2, -0.15) is 0 Å². The van der Waals surface area contributed by atoms with Gasteiger partial charge in [-0.1, -0.05) is 19.9 Å². The van der Waals surface area contributed by atoms with Gasteiger partial charge in [0.1, 0.15) is 6.29 Å². The minimum Gasteiger partial charge on any atom is -0.466 e. The Balaban J connectivity index is 3.61. The van der Waals surface area contributed by atoms with Gasteiger partial charge in [-0.25, -0.2) is 4.79 Å². The van der Waals surface area contributed by atoms with E-state index >= 15 is 0 Å². The monoisotopic (exact) mass is 198 g/mol. The third-order valence-corrected chi connectivity index (χ3v) is 1.97. The Morgan fingerprint density at radius 1 is 1.43 bits per heavy atom. The van der Waals surface area contributed by atoms with Crippen LogP contribution in [0, 0.1) is 5.41 Å². The molecular formula is C11H18O3. The van der Waals surface area contributed by atoms with E-state index in [2.05, 4.69) is 4.74 Å². The van der Waals surface area contributed by atoms with Gasteiger partial charge >= 0.3 is 5.97 Å². The van der Waals surface area contributed by atoms with Gasteiger partial charge in [-0.05, 0) is 19.3 Å². The van der Waals surface area contributed by atoms with Gasteiger partial charge in [0.2, 0.25) is 0 Å². The summed E-state index contributed by atoms with van der Waals surface area (Å²) in [6.07, 6.45) is 6.69. The summed E-state index contributed by atoms with van der Waals surface area (Å²) < 4.78 is 4.44. The number of hydrogen-bond donors (Lipinski definition) is 0. The first kappa shape index (κ1) is 12.9. The van der Waals surface area contributed by atoms with Crippen LogP contribution in [0.5, 0.6) is 0 Å². The fourth-order valence-corrected chi connectivity index (χ4v) is 0.982. The SMILES string of the molecule is COC(=O)C=CCCCC(C)(C)C=O. The van der Waals surface area contributed by atoms with Gasteiger partial charge in [0.15, 0.2) is 0 Å². The fourth-order valence-electron chi connectivity index (χ4n) is 0.982. The maximum absolute atomic E-state index is 10.7. The van der Waals surface area contributed by atoms with Crippen LogP contribution in [-0.4, -0.2) is 19.4 Å². The van der Waals surface area contributed by atoms with Crippen molar-refractivity contribution < 1.29 is 14.3 Å². The highest BCUT2D eigenvalue weighted by atomic mass is 16.5. The Labute approximate surface area is 85.1 Å². The molecule has 80 valence electrons. The third kappa shape index (κ3) is 6.40. The topological polar surface area (TPSA) is 43.4 Å². The molecule has 14 heavy (non-hydrogen) atoms. The summed E-state index contributed by atoms with van der Waals surface area (Å²) in [7, 11) is 1.35. The molecular weight excluding hydrogens is 180 g/mol. The molecule has 0 N–H and O–H groups in total. The molecule has 0 aliphatic carbocycles. The number of methoxy groups -OCH3 is 1. The predicted octanol–water partition coefficient (Wildman–Crippen LogP) is 2.11. The van der Waals surface area contributed by atoms with E-state index in [1.807, 2.05) is 13.8 Å². The Kier molecular flexibility index (Phi) is 5.84. The van der Waals surface area contributed by atoms with E-state index in [1.54, 1.807) is 6.08 Å². The summed E-state index contributed by atoms with van der Waals surface area (Å²) >= 11 is 0. The van der Waals surface area contributed by atoms with E-state index in [0.717, 1.165) is 25.5 Å². The summed E-state index contributed by atoms with van der Waals surface area (Å²) in [6, 6.07) is 0. The number of unbranched alkanes of at least 4 members (excludes halogenated alkanes) is 1. The summed E-state index contributed by atoms with van der Waals surface area (Å²) in [4.78, 5) is 21.2. The van der Waals surface area contributed by atoms with Crippen molar-refractivity contribution in [3.05, 3.63) is 12.2 Å². The molecule has 0 unspecified atom stereocenters. The van der Waals surface area contributed by atoms with Crippen molar-refractivity contribution in [3.63, 3.8) is 0 Å². The van der Waals surface area contributed by atoms with Crippen molar-refractivity contribution in [2.24, 2.45) is 5.41 Å². The minimum atomic E-state index is -0.334. The highest BCUT2D eigenvalue weighted by molar-refractivity contribution is 5.81. The van der Waals surface area contributed by atoms with E-state index in [1.165, 1.54) is 13.2 Å². The number of aldehydes is 1. The maximum atomic E-state index is 10.7. The van der Waals surface area contributed by atoms with Gasteiger partial charge in [-0.15, -0.1) is 0 Å². The van der Waals surface area contributed by atoms with Crippen molar-refractivity contribution in [2.75, 3.05) is 7.11 Å². The molecule has 0 aliphatic heterocycles. The van der Waals surface area contributed by atoms with E-state index in [9.17, 15) is 9.59 Å². The van der Waals surface area contributed by atoms with Crippen LogP contribution in [0.1, 0.15) is 33.1 Å². The Morgan fingerprint density at radius 3 is 2.57 bits per heavy atom. The first-order valence-electron chi connectivity index (χ1n) is 4.72. The zero-order chi connectivity index (χ0) is 11.0. The van der Waals surface area contributed by atoms with Crippen LogP contribution < -0.4 is 0 Å². The van der Waals surface area contributed by atoms with Crippen LogP contribution in [0.15, 0.2) is 12.2 Å². The van der Waals surface area contributed by atoms with Crippen LogP contribution >= 0.6 is 0 Å². The summed E-state index contributed by atoms with van der Waals surface area (Å²) in [6.45, 7) is 3.81. The van der Waals surface area contributed by atoms with Crippen molar-refractivity contribution in [3.8, 4) is 0 Å². The number of allylic oxidation sites excluding steroid dienone is 1. The Hall–Kier alpha value is -1.12. The molecule has 0 spiro atoms. The number of esters is 1. The molecule has 3 nitrogen and oxygen atoms in total. The Bertz CT molecular complexity index is 217. The van der Waals surface area contributed by atoms with Crippen LogP contribution in [0.2, 0.25) is 0 Å². The average Bonchev–Trinajstić information content (AvgIpc) is 2.17. The standard InChI is InChI=1S/C11H18O3/c1-11(2,9-12)8-6-4-5-7-10(13)14-3/h5,7,9H,4,6,8H2,1-3H3. The van der Waals surface area contributed by atoms with Gasteiger partial charge in [0.25, 0.3) is 0 Å². The smallest absolute Gasteiger partial charge is 0.330 e. The van der Waals surface area contributed by atoms with Gasteiger partial charge in [0, 0.05) is 11.5 Å². The zero-order valence-electron chi connectivity index (χ0n) is 9.08. The molecule has 0 aliphatic rings. The highest BCUT2D eigenvalue weighted by Gasteiger charge is 2.14. The molecule has 0 aromatic rings. The molecule has 0 bridgehead atoms. The second kappa shape index (κ2) is 6.35. The van der Waals surface area contributed by atoms with Gasteiger partial charge in [-0.3, -0.25) is 0 Å². The van der Waals surface area contributed by atoms with Crippen LogP contribution in [0.4, 0.5) is 0 Å². The summed E-state index contributed by atoms with van der Waals surface area (Å²) in [5.41, 5.74) is -0.251. The molecule has 0 heterocycles. The lowest BCUT2D eigenvalue weighted by Crippen LogP contribution is -2.12. The van der Waals surface area contributed by atoms with Crippen molar-refractivity contribution in [2.45, 2.75) is 33.1 Å². The van der Waals surface area contributed by atoms with E-state index in [0.29, 0.717) is 0 Å². The number of rotatable bonds is 6. The first-order chi connectivity index (χ1) is 6.52. The Morgan fingerprint density at radius 2 is 2.07 bits per heavy atom. The highest BCUT2D eigenvalue weighted by Crippen LogP contribution is 2.19. The second-order valence-corrected chi connectivity index (χ2v) is 3.92. The third-order valence-electron chi connectivity index (χ3n) is 1.97. The van der Waals surface area contributed by atoms with E-state index < -0.39 is 0 Å². The van der Waals surface area contributed by atoms with Crippen molar-refractivity contribution in [1.29, 1.82) is 0 Å². The molecule has 3 heteroatoms. The predicted molar refractivity (Wildman–Crippen MR) is 54.9 cm³/mol. The normalized spacial score (nSPS) is 11.6. The largest absolute Gasteiger partial charge is 0.466 e. The lowest BCUT2D eigenvalue weighted by molar-refractivity contribution is -0.134. The van der Waals surface area contributed by atoms with E-state index in [4.69, 9.17) is 0 Å². The molecule has 0 atom stereocenters. The number of ether oxygens (including phenoxy) is 1. The zero-order valence-corrected chi connectivity index (χ0v) is 9.08. The van der Waals surface area contributed by atoms with Crippen LogP contribution in [-0.2, 0) is 14.3 Å². The molecule has 0 saturated heterocycles. The number of carbonyl (C=O) groups excluding carboxylic acids is 2. The first-order valence-corrected chi connectivity index (χ1v) is 4.72. The molecule has 0 aromatic heterocycles. The average molecular weight is 198 g/mol. The molecule has 0 saturated carbocycles. The molecule has 0 amide bonds. The molecule has 0 aromatic carbocycles. The molecule has 0 radical (unpaired) electrons. The van der Waals surface area contributed by atoms with E-state index in [-0.39, 0.29) is 11.4 Å². The van der Waals surface area contributed by atoms with Crippen molar-refractivity contribution >= 4 is 12.3 Å². The minimum absolute atomic E-state index is 0.251. The lowest BCUT2D eigenvalue weighted by atomic mass is 9.89. The van der Waals surface area contributed by atoms with Crippen molar-refractivity contribution in [1.82, 2.24) is 0 Å². The van der Waals surface area contributed by atoms with Crippen LogP contribution in [0.25, 0.3) is 0 Å². The molecule has 0 fully saturated rings. The number of carbonyl (C=O) groups is 2.